The molecule has 0 aliphatic heterocycles. The molecule has 0 spiro atoms. The molecule has 0 bridgehead atoms. The van der Waals surface area contributed by atoms with E-state index in [-0.39, 0.29) is 0 Å². The lowest BCUT2D eigenvalue weighted by molar-refractivity contribution is 0.259. The summed E-state index contributed by atoms with van der Waals surface area (Å²) in [7, 11) is 0. The topological polar surface area (TPSA) is 74.2 Å². The van der Waals surface area contributed by atoms with Crippen LogP contribution in [0, 0.1) is 0 Å². The second-order valence-electron chi connectivity index (χ2n) is 3.67. The first-order valence-corrected chi connectivity index (χ1v) is 5.56. The van der Waals surface area contributed by atoms with E-state index in [2.05, 4.69) is 16.9 Å². The maximum atomic E-state index is 5.68. The Morgan fingerprint density at radius 1 is 1.41 bits per heavy atom. The summed E-state index contributed by atoms with van der Waals surface area (Å²) in [5, 5.41) is 0. The number of nitrogen functional groups attached to an aromatic ring is 1. The molecule has 0 radical (unpaired) electrons. The van der Waals surface area contributed by atoms with Crippen LogP contribution in [0.2, 0.25) is 0 Å². The number of nitrogens with two attached hydrogens (primary N) is 1. The van der Waals surface area contributed by atoms with Gasteiger partial charge >= 0.3 is 0 Å². The molecule has 0 fully saturated rings. The van der Waals surface area contributed by atoms with Crippen LogP contribution in [0.15, 0.2) is 28.9 Å². The van der Waals surface area contributed by atoms with Gasteiger partial charge in [0.05, 0.1) is 6.26 Å². The number of anilines is 1. The Balaban J connectivity index is 2.04. The van der Waals surface area contributed by atoms with Crippen molar-refractivity contribution in [3.05, 3.63) is 36.0 Å². The van der Waals surface area contributed by atoms with Crippen LogP contribution >= 0.6 is 0 Å². The van der Waals surface area contributed by atoms with Crippen LogP contribution in [0.25, 0.3) is 0 Å². The lowest BCUT2D eigenvalue weighted by atomic mass is 10.3. The van der Waals surface area contributed by atoms with Gasteiger partial charge < -0.3 is 14.9 Å². The summed E-state index contributed by atoms with van der Waals surface area (Å²) < 4.78 is 10.7. The molecular formula is C12H15N3O2. The Hall–Kier alpha value is -2.04. The molecule has 0 saturated carbocycles. The largest absolute Gasteiger partial charge is 0.469 e. The third-order valence-corrected chi connectivity index (χ3v) is 2.18. The van der Waals surface area contributed by atoms with Crippen LogP contribution < -0.4 is 10.5 Å². The monoisotopic (exact) mass is 233 g/mol. The first kappa shape index (κ1) is 11.4. The number of furan rings is 1. The van der Waals surface area contributed by atoms with E-state index < -0.39 is 0 Å². The lowest BCUT2D eigenvalue weighted by Crippen LogP contribution is -2.03. The van der Waals surface area contributed by atoms with E-state index >= 15 is 0 Å². The molecule has 5 heteroatoms. The fraction of sp³-hybridized carbons (Fsp3) is 0.333. The molecule has 5 nitrogen and oxygen atoms in total. The summed E-state index contributed by atoms with van der Waals surface area (Å²) in [6.45, 7) is 2.41. The second-order valence-corrected chi connectivity index (χ2v) is 3.67. The molecule has 90 valence electrons. The van der Waals surface area contributed by atoms with Crippen molar-refractivity contribution in [2.24, 2.45) is 0 Å². The van der Waals surface area contributed by atoms with E-state index in [4.69, 9.17) is 14.9 Å². The summed E-state index contributed by atoms with van der Waals surface area (Å²) in [5.41, 5.74) is 5.68. The molecular weight excluding hydrogens is 218 g/mol. The van der Waals surface area contributed by atoms with Crippen molar-refractivity contribution in [3.63, 3.8) is 0 Å². The van der Waals surface area contributed by atoms with Gasteiger partial charge in [-0.1, -0.05) is 6.92 Å². The molecule has 2 N–H and O–H groups in total. The fourth-order valence-electron chi connectivity index (χ4n) is 1.44. The average molecular weight is 233 g/mol. The number of hydrogen-bond acceptors (Lipinski definition) is 5. The third-order valence-electron chi connectivity index (χ3n) is 2.18. The number of aryl methyl sites for hydroxylation is 1. The summed E-state index contributed by atoms with van der Waals surface area (Å²) in [6.07, 6.45) is 3.37. The van der Waals surface area contributed by atoms with Crippen molar-refractivity contribution in [2.75, 3.05) is 5.73 Å². The van der Waals surface area contributed by atoms with Crippen LogP contribution in [-0.2, 0) is 13.0 Å². The van der Waals surface area contributed by atoms with Crippen molar-refractivity contribution in [1.29, 1.82) is 0 Å². The number of rotatable bonds is 5. The van der Waals surface area contributed by atoms with Crippen molar-refractivity contribution < 1.29 is 9.15 Å². The van der Waals surface area contributed by atoms with E-state index in [0.29, 0.717) is 24.1 Å². The predicted molar refractivity (Wildman–Crippen MR) is 63.5 cm³/mol. The van der Waals surface area contributed by atoms with Gasteiger partial charge in [-0.2, -0.15) is 4.98 Å². The Kier molecular flexibility index (Phi) is 3.59. The number of hydrogen-bond donors (Lipinski definition) is 1. The van der Waals surface area contributed by atoms with Gasteiger partial charge in [0.2, 0.25) is 5.88 Å². The number of ether oxygens (including phenoxy) is 1. The van der Waals surface area contributed by atoms with Crippen LogP contribution in [0.5, 0.6) is 5.88 Å². The van der Waals surface area contributed by atoms with Gasteiger partial charge in [-0.15, -0.1) is 0 Å². The van der Waals surface area contributed by atoms with Gasteiger partial charge in [0.1, 0.15) is 24.0 Å². The Labute approximate surface area is 99.6 Å². The van der Waals surface area contributed by atoms with Gasteiger partial charge in [-0.05, 0) is 18.6 Å². The van der Waals surface area contributed by atoms with E-state index in [9.17, 15) is 0 Å². The van der Waals surface area contributed by atoms with E-state index in [1.165, 1.54) is 0 Å². The average Bonchev–Trinajstić information content (AvgIpc) is 2.79. The molecule has 0 aliphatic rings. The lowest BCUT2D eigenvalue weighted by Gasteiger charge is -2.06. The minimum Gasteiger partial charge on any atom is -0.469 e. The molecule has 17 heavy (non-hydrogen) atoms. The SMILES string of the molecule is CCCc1nc(N)cc(OCc2ccco2)n1. The molecule has 2 heterocycles. The van der Waals surface area contributed by atoms with Crippen LogP contribution in [0.1, 0.15) is 24.9 Å². The maximum Gasteiger partial charge on any atom is 0.219 e. The predicted octanol–water partition coefficient (Wildman–Crippen LogP) is 2.18. The summed E-state index contributed by atoms with van der Waals surface area (Å²) >= 11 is 0. The second kappa shape index (κ2) is 5.34. The van der Waals surface area contributed by atoms with Gasteiger partial charge in [0, 0.05) is 12.5 Å². The summed E-state index contributed by atoms with van der Waals surface area (Å²) in [5.74, 6) is 2.37. The zero-order chi connectivity index (χ0) is 12.1. The maximum absolute atomic E-state index is 5.68. The zero-order valence-electron chi connectivity index (χ0n) is 9.72. The molecule has 0 aliphatic carbocycles. The van der Waals surface area contributed by atoms with Crippen LogP contribution in [0.3, 0.4) is 0 Å². The minimum atomic E-state index is 0.342. The Morgan fingerprint density at radius 3 is 3.00 bits per heavy atom. The van der Waals surface area contributed by atoms with Crippen molar-refractivity contribution in [3.8, 4) is 5.88 Å². The summed E-state index contributed by atoms with van der Waals surface area (Å²) in [6, 6.07) is 5.27. The van der Waals surface area contributed by atoms with E-state index in [1.807, 2.05) is 12.1 Å². The Morgan fingerprint density at radius 2 is 2.29 bits per heavy atom. The van der Waals surface area contributed by atoms with Gasteiger partial charge in [0.15, 0.2) is 0 Å². The first-order valence-electron chi connectivity index (χ1n) is 5.56. The molecule has 0 amide bonds. The highest BCUT2D eigenvalue weighted by Crippen LogP contribution is 2.14. The zero-order valence-corrected chi connectivity index (χ0v) is 9.72. The Bertz CT molecular complexity index is 469. The van der Waals surface area contributed by atoms with Crippen molar-refractivity contribution in [2.45, 2.75) is 26.4 Å². The molecule has 0 saturated heterocycles. The molecule has 2 aromatic rings. The molecule has 0 unspecified atom stereocenters. The quantitative estimate of drug-likeness (QED) is 0.856. The van der Waals surface area contributed by atoms with Crippen LogP contribution in [-0.4, -0.2) is 9.97 Å². The molecule has 0 aromatic carbocycles. The normalized spacial score (nSPS) is 10.4. The molecule has 0 atom stereocenters. The first-order chi connectivity index (χ1) is 8.28. The molecule has 2 aromatic heterocycles. The van der Waals surface area contributed by atoms with E-state index in [0.717, 1.165) is 18.6 Å². The van der Waals surface area contributed by atoms with Crippen LogP contribution in [0.4, 0.5) is 5.82 Å². The molecule has 2 rings (SSSR count). The van der Waals surface area contributed by atoms with Gasteiger partial charge in [0.25, 0.3) is 0 Å². The van der Waals surface area contributed by atoms with Crippen molar-refractivity contribution >= 4 is 5.82 Å². The van der Waals surface area contributed by atoms with E-state index in [1.54, 1.807) is 12.3 Å². The highest BCUT2D eigenvalue weighted by molar-refractivity contribution is 5.32. The standard InChI is InChI=1S/C12H15N3O2/c1-2-4-11-14-10(13)7-12(15-11)17-8-9-5-3-6-16-9/h3,5-7H,2,4,8H2,1H3,(H2,13,14,15). The fourth-order valence-corrected chi connectivity index (χ4v) is 1.44. The van der Waals surface area contributed by atoms with Crippen molar-refractivity contribution in [1.82, 2.24) is 9.97 Å². The minimum absolute atomic E-state index is 0.342. The number of nitrogens with zero attached hydrogens (tertiary/aromatic N) is 2. The highest BCUT2D eigenvalue weighted by atomic mass is 16.5. The highest BCUT2D eigenvalue weighted by Gasteiger charge is 2.04. The van der Waals surface area contributed by atoms with Gasteiger partial charge in [-0.3, -0.25) is 0 Å². The summed E-state index contributed by atoms with van der Waals surface area (Å²) in [4.78, 5) is 8.40. The third kappa shape index (κ3) is 3.21. The van der Waals surface area contributed by atoms with Gasteiger partial charge in [-0.25, -0.2) is 4.98 Å². The number of aromatic nitrogens is 2. The smallest absolute Gasteiger partial charge is 0.219 e.